The number of non-ortho nitro benzene ring substituents is 1. The summed E-state index contributed by atoms with van der Waals surface area (Å²) in [5.74, 6) is 0. The van der Waals surface area contributed by atoms with Crippen LogP contribution in [0.5, 0.6) is 0 Å². The van der Waals surface area contributed by atoms with Crippen molar-refractivity contribution in [2.24, 2.45) is 0 Å². The van der Waals surface area contributed by atoms with Crippen molar-refractivity contribution >= 4 is 39.1 Å². The maximum atomic E-state index is 12.8. The molecule has 2 aromatic heterocycles. The monoisotopic (exact) mass is 351 g/mol. The normalized spacial score (nSPS) is 12.3. The zero-order chi connectivity index (χ0) is 17.7. The molecule has 0 amide bonds. The molecule has 25 heavy (non-hydrogen) atoms. The summed E-state index contributed by atoms with van der Waals surface area (Å²) < 4.78 is 2.12. The van der Waals surface area contributed by atoms with Crippen molar-refractivity contribution in [1.82, 2.24) is 9.38 Å². The van der Waals surface area contributed by atoms with Gasteiger partial charge in [0.2, 0.25) is 0 Å². The number of nitrogens with zero attached hydrogens (tertiary/aromatic N) is 3. The van der Waals surface area contributed by atoms with E-state index in [2.05, 4.69) is 4.98 Å². The summed E-state index contributed by atoms with van der Waals surface area (Å²) in [6.07, 6.45) is 1.67. The van der Waals surface area contributed by atoms with Gasteiger partial charge in [-0.2, -0.15) is 0 Å². The van der Waals surface area contributed by atoms with Crippen molar-refractivity contribution < 1.29 is 4.92 Å². The molecule has 4 aromatic rings. The highest BCUT2D eigenvalue weighted by Gasteiger charge is 2.13. The fourth-order valence-electron chi connectivity index (χ4n) is 2.99. The molecule has 124 valence electrons. The lowest BCUT2D eigenvalue weighted by atomic mass is 10.1. The topological polar surface area (TPSA) is 77.5 Å². The Morgan fingerprint density at radius 2 is 2.04 bits per heavy atom. The standard InChI is InChI=1S/C18H13N3O3S/c1-10-6-11(2)16-14(7-10)20-17(22)15(25-18(20)19-16)9-12-4-3-5-13(8-12)21(23)24/h3-9H,1-2H3. The average Bonchev–Trinajstić information content (AvgIpc) is 3.06. The third-order valence-corrected chi connectivity index (χ3v) is 5.03. The second kappa shape index (κ2) is 5.49. The van der Waals surface area contributed by atoms with Gasteiger partial charge in [-0.3, -0.25) is 14.9 Å². The molecule has 0 bridgehead atoms. The molecule has 6 nitrogen and oxygen atoms in total. The Labute approximate surface area is 145 Å². The van der Waals surface area contributed by atoms with Crippen LogP contribution in [-0.4, -0.2) is 14.3 Å². The molecule has 0 spiro atoms. The van der Waals surface area contributed by atoms with E-state index in [4.69, 9.17) is 0 Å². The summed E-state index contributed by atoms with van der Waals surface area (Å²) >= 11 is 1.29. The quantitative estimate of drug-likeness (QED) is 0.411. The molecule has 2 aromatic carbocycles. The molecule has 0 atom stereocenters. The minimum atomic E-state index is -0.449. The van der Waals surface area contributed by atoms with Gasteiger partial charge in [0.1, 0.15) is 0 Å². The van der Waals surface area contributed by atoms with Crippen LogP contribution in [0.25, 0.3) is 22.1 Å². The number of benzene rings is 2. The summed E-state index contributed by atoms with van der Waals surface area (Å²) in [6.45, 7) is 3.96. The van der Waals surface area contributed by atoms with Crippen LogP contribution in [-0.2, 0) is 0 Å². The Morgan fingerprint density at radius 3 is 2.80 bits per heavy atom. The van der Waals surface area contributed by atoms with Gasteiger partial charge in [-0.15, -0.1) is 0 Å². The van der Waals surface area contributed by atoms with E-state index in [-0.39, 0.29) is 11.2 Å². The van der Waals surface area contributed by atoms with Crippen LogP contribution in [0.2, 0.25) is 0 Å². The Balaban J connectivity index is 1.98. The SMILES string of the molecule is Cc1cc(C)c2nc3sc(=Cc4cccc([N+](=O)[O-])c4)c(=O)n3c2c1. The fraction of sp³-hybridized carbons (Fsp3) is 0.111. The van der Waals surface area contributed by atoms with Gasteiger partial charge < -0.3 is 0 Å². The Morgan fingerprint density at radius 1 is 1.24 bits per heavy atom. The summed E-state index contributed by atoms with van der Waals surface area (Å²) in [6, 6.07) is 10.2. The molecule has 0 saturated heterocycles. The van der Waals surface area contributed by atoms with E-state index in [1.165, 1.54) is 23.5 Å². The molecule has 0 fully saturated rings. The van der Waals surface area contributed by atoms with Crippen LogP contribution in [0.1, 0.15) is 16.7 Å². The lowest BCUT2D eigenvalue weighted by Gasteiger charge is -1.97. The Bertz CT molecular complexity index is 1270. The summed E-state index contributed by atoms with van der Waals surface area (Å²) in [5.41, 5.74) is 4.20. The van der Waals surface area contributed by atoms with E-state index < -0.39 is 4.92 Å². The highest BCUT2D eigenvalue weighted by Crippen LogP contribution is 2.21. The number of hydrogen-bond donors (Lipinski definition) is 0. The number of nitro groups is 1. The fourth-order valence-corrected chi connectivity index (χ4v) is 3.97. The van der Waals surface area contributed by atoms with Crippen LogP contribution in [0.15, 0.2) is 41.2 Å². The van der Waals surface area contributed by atoms with Gasteiger partial charge in [-0.05, 0) is 42.7 Å². The van der Waals surface area contributed by atoms with E-state index in [1.54, 1.807) is 22.6 Å². The minimum absolute atomic E-state index is 0.000711. The number of aryl methyl sites for hydroxylation is 2. The largest absolute Gasteiger partial charge is 0.274 e. The van der Waals surface area contributed by atoms with E-state index in [1.807, 2.05) is 26.0 Å². The average molecular weight is 351 g/mol. The highest BCUT2D eigenvalue weighted by molar-refractivity contribution is 7.15. The molecular formula is C18H13N3O3S. The van der Waals surface area contributed by atoms with Crippen molar-refractivity contribution in [3.63, 3.8) is 0 Å². The first-order chi connectivity index (χ1) is 11.9. The van der Waals surface area contributed by atoms with Gasteiger partial charge in [0.25, 0.3) is 11.2 Å². The molecule has 4 rings (SSSR count). The second-order valence-electron chi connectivity index (χ2n) is 5.95. The van der Waals surface area contributed by atoms with Crippen molar-refractivity contribution in [1.29, 1.82) is 0 Å². The molecule has 0 saturated carbocycles. The molecular weight excluding hydrogens is 338 g/mol. The molecule has 0 aliphatic heterocycles. The number of thiazole rings is 1. The zero-order valence-corrected chi connectivity index (χ0v) is 14.3. The molecule has 0 N–H and O–H groups in total. The third-order valence-electron chi connectivity index (χ3n) is 4.06. The van der Waals surface area contributed by atoms with Crippen LogP contribution in [0.4, 0.5) is 5.69 Å². The molecule has 0 aliphatic rings. The Hall–Kier alpha value is -3.06. The number of hydrogen-bond acceptors (Lipinski definition) is 5. The maximum Gasteiger partial charge on any atom is 0.274 e. The van der Waals surface area contributed by atoms with Crippen LogP contribution >= 0.6 is 11.3 Å². The third kappa shape index (κ3) is 2.49. The lowest BCUT2D eigenvalue weighted by Crippen LogP contribution is -2.22. The van der Waals surface area contributed by atoms with Gasteiger partial charge >= 0.3 is 0 Å². The minimum Gasteiger partial charge on any atom is -0.267 e. The van der Waals surface area contributed by atoms with Gasteiger partial charge in [0.15, 0.2) is 4.96 Å². The number of aromatic nitrogens is 2. The van der Waals surface area contributed by atoms with Crippen molar-refractivity contribution in [3.8, 4) is 0 Å². The van der Waals surface area contributed by atoms with Gasteiger partial charge in [-0.25, -0.2) is 9.38 Å². The van der Waals surface area contributed by atoms with E-state index >= 15 is 0 Å². The summed E-state index contributed by atoms with van der Waals surface area (Å²) in [4.78, 5) is 28.5. The van der Waals surface area contributed by atoms with Crippen molar-refractivity contribution in [2.75, 3.05) is 0 Å². The Kier molecular flexibility index (Phi) is 3.40. The summed E-state index contributed by atoms with van der Waals surface area (Å²) in [5, 5.41) is 10.9. The van der Waals surface area contributed by atoms with Gasteiger partial charge in [0.05, 0.1) is 20.5 Å². The van der Waals surface area contributed by atoms with E-state index in [0.717, 1.165) is 22.2 Å². The van der Waals surface area contributed by atoms with Gasteiger partial charge in [0, 0.05) is 12.1 Å². The van der Waals surface area contributed by atoms with E-state index in [9.17, 15) is 14.9 Å². The van der Waals surface area contributed by atoms with Crippen LogP contribution in [0, 0.1) is 24.0 Å². The van der Waals surface area contributed by atoms with Crippen molar-refractivity contribution in [2.45, 2.75) is 13.8 Å². The smallest absolute Gasteiger partial charge is 0.267 e. The van der Waals surface area contributed by atoms with Crippen molar-refractivity contribution in [3.05, 3.63) is 78.1 Å². The first kappa shape index (κ1) is 15.5. The second-order valence-corrected chi connectivity index (χ2v) is 6.96. The first-order valence-electron chi connectivity index (χ1n) is 7.62. The molecule has 0 aliphatic carbocycles. The molecule has 0 unspecified atom stereocenters. The van der Waals surface area contributed by atoms with Crippen LogP contribution < -0.4 is 10.1 Å². The van der Waals surface area contributed by atoms with Crippen LogP contribution in [0.3, 0.4) is 0 Å². The first-order valence-corrected chi connectivity index (χ1v) is 8.44. The summed E-state index contributed by atoms with van der Waals surface area (Å²) in [7, 11) is 0. The zero-order valence-electron chi connectivity index (χ0n) is 13.5. The number of nitro benzene ring substituents is 1. The molecule has 2 heterocycles. The molecule has 7 heteroatoms. The lowest BCUT2D eigenvalue weighted by molar-refractivity contribution is -0.384. The van der Waals surface area contributed by atoms with Gasteiger partial charge in [-0.1, -0.05) is 29.5 Å². The predicted molar refractivity (Wildman–Crippen MR) is 98.2 cm³/mol. The number of fused-ring (bicyclic) bond motifs is 3. The predicted octanol–water partition coefficient (Wildman–Crippen LogP) is 2.98. The molecule has 0 radical (unpaired) electrons. The highest BCUT2D eigenvalue weighted by atomic mass is 32.1. The maximum absolute atomic E-state index is 12.8. The number of imidazole rings is 1. The van der Waals surface area contributed by atoms with E-state index in [0.29, 0.717) is 15.1 Å². The number of rotatable bonds is 2.